The molecule has 1 fully saturated rings. The summed E-state index contributed by atoms with van der Waals surface area (Å²) in [5.74, 6) is -0.127. The lowest BCUT2D eigenvalue weighted by molar-refractivity contribution is 0.0935. The summed E-state index contributed by atoms with van der Waals surface area (Å²) >= 11 is 0. The summed E-state index contributed by atoms with van der Waals surface area (Å²) in [5.41, 5.74) is 2.66. The molecule has 1 aromatic carbocycles. The maximum atomic E-state index is 12.4. The van der Waals surface area contributed by atoms with Crippen molar-refractivity contribution in [2.24, 2.45) is 0 Å². The second kappa shape index (κ2) is 6.60. The van der Waals surface area contributed by atoms with E-state index >= 15 is 0 Å². The lowest BCUT2D eigenvalue weighted by Crippen LogP contribution is -2.28. The van der Waals surface area contributed by atoms with Gasteiger partial charge in [-0.15, -0.1) is 0 Å². The molecule has 0 aliphatic carbocycles. The number of aromatic nitrogens is 1. The summed E-state index contributed by atoms with van der Waals surface area (Å²) in [6, 6.07) is 13.8. The maximum absolute atomic E-state index is 12.4. The second-order valence-electron chi connectivity index (χ2n) is 5.70. The average Bonchev–Trinajstić information content (AvgIpc) is 3.10. The molecule has 2 aromatic rings. The highest BCUT2D eigenvalue weighted by molar-refractivity contribution is 5.93. The van der Waals surface area contributed by atoms with Gasteiger partial charge in [-0.2, -0.15) is 0 Å². The number of hydrogen-bond acceptors (Lipinski definition) is 3. The van der Waals surface area contributed by atoms with Crippen LogP contribution in [0.2, 0.25) is 0 Å². The van der Waals surface area contributed by atoms with Crippen LogP contribution in [0.3, 0.4) is 0 Å². The van der Waals surface area contributed by atoms with Gasteiger partial charge in [0.2, 0.25) is 0 Å². The van der Waals surface area contributed by atoms with Crippen molar-refractivity contribution < 1.29 is 4.79 Å². The third kappa shape index (κ3) is 3.27. The minimum Gasteiger partial charge on any atom is -0.371 e. The molecule has 3 rings (SSSR count). The van der Waals surface area contributed by atoms with Crippen LogP contribution >= 0.6 is 0 Å². The Morgan fingerprint density at radius 1 is 1.18 bits per heavy atom. The standard InChI is InChI=1S/C18H21N3O/c1-14(15-7-3-2-4-8-15)20-18(22)17-13-16(9-10-19-17)21-11-5-6-12-21/h2-4,7-10,13-14H,5-6,11-12H2,1H3,(H,20,22). The molecule has 1 aromatic heterocycles. The summed E-state index contributed by atoms with van der Waals surface area (Å²) < 4.78 is 0. The molecule has 22 heavy (non-hydrogen) atoms. The topological polar surface area (TPSA) is 45.2 Å². The first kappa shape index (κ1) is 14.6. The molecule has 114 valence electrons. The van der Waals surface area contributed by atoms with Crippen molar-refractivity contribution in [2.45, 2.75) is 25.8 Å². The fraction of sp³-hybridized carbons (Fsp3) is 0.333. The molecule has 0 radical (unpaired) electrons. The number of carbonyl (C=O) groups is 1. The molecule has 1 atom stereocenters. The van der Waals surface area contributed by atoms with Gasteiger partial charge in [0.25, 0.3) is 5.91 Å². The number of nitrogens with zero attached hydrogens (tertiary/aromatic N) is 2. The van der Waals surface area contributed by atoms with Crippen LogP contribution in [0.15, 0.2) is 48.7 Å². The first-order valence-electron chi connectivity index (χ1n) is 7.81. The van der Waals surface area contributed by atoms with Gasteiger partial charge in [0.15, 0.2) is 0 Å². The van der Waals surface area contributed by atoms with E-state index in [4.69, 9.17) is 0 Å². The molecule has 1 unspecified atom stereocenters. The van der Waals surface area contributed by atoms with Crippen LogP contribution in [0.25, 0.3) is 0 Å². The first-order chi connectivity index (χ1) is 10.7. The van der Waals surface area contributed by atoms with E-state index < -0.39 is 0 Å². The molecule has 0 saturated carbocycles. The van der Waals surface area contributed by atoms with Crippen LogP contribution in [0.1, 0.15) is 41.9 Å². The number of hydrogen-bond donors (Lipinski definition) is 1. The minimum absolute atomic E-state index is 0.0362. The zero-order valence-electron chi connectivity index (χ0n) is 12.8. The van der Waals surface area contributed by atoms with Gasteiger partial charge in [-0.1, -0.05) is 30.3 Å². The highest BCUT2D eigenvalue weighted by Crippen LogP contribution is 2.20. The maximum Gasteiger partial charge on any atom is 0.270 e. The third-order valence-electron chi connectivity index (χ3n) is 4.09. The van der Waals surface area contributed by atoms with Crippen molar-refractivity contribution in [3.63, 3.8) is 0 Å². The molecule has 0 bridgehead atoms. The Hall–Kier alpha value is -2.36. The van der Waals surface area contributed by atoms with Gasteiger partial charge in [0.05, 0.1) is 6.04 Å². The van der Waals surface area contributed by atoms with Crippen LogP contribution in [0.5, 0.6) is 0 Å². The molecule has 0 spiro atoms. The van der Waals surface area contributed by atoms with Gasteiger partial charge < -0.3 is 10.2 Å². The summed E-state index contributed by atoms with van der Waals surface area (Å²) in [5, 5.41) is 3.01. The zero-order chi connectivity index (χ0) is 15.4. The minimum atomic E-state index is -0.127. The summed E-state index contributed by atoms with van der Waals surface area (Å²) in [6.45, 7) is 4.11. The number of carbonyl (C=O) groups excluding carboxylic acids is 1. The van der Waals surface area contributed by atoms with Gasteiger partial charge in [-0.05, 0) is 37.5 Å². The van der Waals surface area contributed by atoms with E-state index in [1.807, 2.05) is 49.4 Å². The summed E-state index contributed by atoms with van der Waals surface area (Å²) in [7, 11) is 0. The van der Waals surface area contributed by atoms with Crippen LogP contribution in [0, 0.1) is 0 Å². The number of anilines is 1. The predicted molar refractivity (Wildman–Crippen MR) is 88.0 cm³/mol. The van der Waals surface area contributed by atoms with Crippen LogP contribution in [-0.4, -0.2) is 24.0 Å². The second-order valence-corrected chi connectivity index (χ2v) is 5.70. The molecule has 1 aliphatic heterocycles. The summed E-state index contributed by atoms with van der Waals surface area (Å²) in [6.07, 6.45) is 4.15. The van der Waals surface area contributed by atoms with E-state index in [1.165, 1.54) is 12.8 Å². The van der Waals surface area contributed by atoms with Gasteiger partial charge in [-0.3, -0.25) is 9.78 Å². The Morgan fingerprint density at radius 3 is 2.64 bits per heavy atom. The monoisotopic (exact) mass is 295 g/mol. The molecule has 4 nitrogen and oxygen atoms in total. The summed E-state index contributed by atoms with van der Waals surface area (Å²) in [4.78, 5) is 18.9. The van der Waals surface area contributed by atoms with Gasteiger partial charge in [-0.25, -0.2) is 0 Å². The van der Waals surface area contributed by atoms with Crippen LogP contribution < -0.4 is 10.2 Å². The van der Waals surface area contributed by atoms with Crippen LogP contribution in [-0.2, 0) is 0 Å². The molecule has 1 aliphatic rings. The molecule has 1 amide bonds. The van der Waals surface area contributed by atoms with Gasteiger partial charge in [0, 0.05) is 25.0 Å². The lowest BCUT2D eigenvalue weighted by Gasteiger charge is -2.18. The number of amides is 1. The molecule has 2 heterocycles. The number of rotatable bonds is 4. The van der Waals surface area contributed by atoms with Crippen molar-refractivity contribution in [1.82, 2.24) is 10.3 Å². The Bertz CT molecular complexity index is 636. The van der Waals surface area contributed by atoms with Gasteiger partial charge >= 0.3 is 0 Å². The molecule has 4 heteroatoms. The molecular formula is C18H21N3O. The van der Waals surface area contributed by atoms with E-state index in [9.17, 15) is 4.79 Å². The van der Waals surface area contributed by atoms with Crippen molar-refractivity contribution in [3.05, 3.63) is 59.9 Å². The number of pyridine rings is 1. The van der Waals surface area contributed by atoms with E-state index in [2.05, 4.69) is 15.2 Å². The van der Waals surface area contributed by atoms with E-state index in [-0.39, 0.29) is 11.9 Å². The Labute approximate surface area is 131 Å². The zero-order valence-corrected chi connectivity index (χ0v) is 12.8. The van der Waals surface area contributed by atoms with Crippen molar-refractivity contribution in [3.8, 4) is 0 Å². The quantitative estimate of drug-likeness (QED) is 0.942. The van der Waals surface area contributed by atoms with Crippen molar-refractivity contribution in [1.29, 1.82) is 0 Å². The van der Waals surface area contributed by atoms with Crippen molar-refractivity contribution >= 4 is 11.6 Å². The first-order valence-corrected chi connectivity index (χ1v) is 7.81. The highest BCUT2D eigenvalue weighted by atomic mass is 16.1. The van der Waals surface area contributed by atoms with Crippen LogP contribution in [0.4, 0.5) is 5.69 Å². The Kier molecular flexibility index (Phi) is 4.37. The SMILES string of the molecule is CC(NC(=O)c1cc(N2CCCC2)ccn1)c1ccccc1. The Morgan fingerprint density at radius 2 is 1.91 bits per heavy atom. The fourth-order valence-electron chi connectivity index (χ4n) is 2.81. The van der Waals surface area contributed by atoms with Gasteiger partial charge in [0.1, 0.15) is 5.69 Å². The number of nitrogens with one attached hydrogen (secondary N) is 1. The Balaban J connectivity index is 1.71. The normalized spacial score (nSPS) is 15.6. The van der Waals surface area contributed by atoms with E-state index in [1.54, 1.807) is 6.20 Å². The molecule has 1 saturated heterocycles. The highest BCUT2D eigenvalue weighted by Gasteiger charge is 2.16. The van der Waals surface area contributed by atoms with Crippen molar-refractivity contribution in [2.75, 3.05) is 18.0 Å². The smallest absolute Gasteiger partial charge is 0.270 e. The predicted octanol–water partition coefficient (Wildman–Crippen LogP) is 3.17. The molecule has 1 N–H and O–H groups in total. The van der Waals surface area contributed by atoms with E-state index in [0.717, 1.165) is 24.3 Å². The fourth-order valence-corrected chi connectivity index (χ4v) is 2.81. The third-order valence-corrected chi connectivity index (χ3v) is 4.09. The lowest BCUT2D eigenvalue weighted by atomic mass is 10.1. The van der Waals surface area contributed by atoms with E-state index in [0.29, 0.717) is 5.69 Å². The largest absolute Gasteiger partial charge is 0.371 e. The number of benzene rings is 1. The average molecular weight is 295 g/mol. The molecular weight excluding hydrogens is 274 g/mol.